The molecule has 0 bridgehead atoms. The number of allylic oxidation sites excluding steroid dienone is 1. The largest absolute Gasteiger partial charge is 0.493 e. The van der Waals surface area contributed by atoms with Crippen molar-refractivity contribution in [1.29, 1.82) is 0 Å². The second-order valence-electron chi connectivity index (χ2n) is 6.48. The van der Waals surface area contributed by atoms with Gasteiger partial charge in [0.25, 0.3) is 5.91 Å². The molecule has 0 saturated carbocycles. The van der Waals surface area contributed by atoms with E-state index < -0.39 is 0 Å². The van der Waals surface area contributed by atoms with E-state index in [0.717, 1.165) is 37.3 Å². The van der Waals surface area contributed by atoms with Crippen molar-refractivity contribution in [2.24, 2.45) is 0 Å². The molecular weight excluding hydrogens is 352 g/mol. The predicted molar refractivity (Wildman–Crippen MR) is 114 cm³/mol. The monoisotopic (exact) mass is 382 g/mol. The van der Waals surface area contributed by atoms with Gasteiger partial charge in [-0.3, -0.25) is 9.69 Å². The third kappa shape index (κ3) is 6.43. The van der Waals surface area contributed by atoms with Gasteiger partial charge in [0.2, 0.25) is 0 Å². The van der Waals surface area contributed by atoms with Gasteiger partial charge in [-0.25, -0.2) is 0 Å². The van der Waals surface area contributed by atoms with Gasteiger partial charge in [-0.1, -0.05) is 38.1 Å². The van der Waals surface area contributed by atoms with Crippen molar-refractivity contribution < 1.29 is 14.3 Å². The Bertz CT molecular complexity index is 785. The Morgan fingerprint density at radius 3 is 2.57 bits per heavy atom. The maximum atomic E-state index is 12.3. The number of methoxy groups -OCH3 is 1. The van der Waals surface area contributed by atoms with E-state index >= 15 is 0 Å². The van der Waals surface area contributed by atoms with Gasteiger partial charge in [0.1, 0.15) is 0 Å². The highest BCUT2D eigenvalue weighted by Crippen LogP contribution is 2.28. The standard InChI is InChI=1S/C23H30N2O3/c1-5-9-18-12-13-21(22(15-18)27-4)28-17-23(26)24-20-11-8-10-19(14-20)16-25(6-2)7-3/h5,8,10-15H,1,6-7,9,16-17H2,2-4H3,(H,24,26). The summed E-state index contributed by atoms with van der Waals surface area (Å²) in [6.45, 7) is 10.8. The van der Waals surface area contributed by atoms with Crippen LogP contribution in [0.5, 0.6) is 11.5 Å². The summed E-state index contributed by atoms with van der Waals surface area (Å²) in [6, 6.07) is 13.6. The Labute approximate surface area is 168 Å². The first-order chi connectivity index (χ1) is 13.6. The highest BCUT2D eigenvalue weighted by atomic mass is 16.5. The average Bonchev–Trinajstić information content (AvgIpc) is 2.71. The molecule has 0 spiro atoms. The van der Waals surface area contributed by atoms with E-state index in [1.165, 1.54) is 5.56 Å². The summed E-state index contributed by atoms with van der Waals surface area (Å²) in [4.78, 5) is 14.6. The molecule has 0 atom stereocenters. The van der Waals surface area contributed by atoms with Gasteiger partial charge < -0.3 is 14.8 Å². The van der Waals surface area contributed by atoms with Gasteiger partial charge in [0, 0.05) is 12.2 Å². The predicted octanol–water partition coefficient (Wildman–Crippen LogP) is 4.28. The summed E-state index contributed by atoms with van der Waals surface area (Å²) in [7, 11) is 1.58. The van der Waals surface area contributed by atoms with Crippen LogP contribution in [0.15, 0.2) is 55.1 Å². The van der Waals surface area contributed by atoms with Crippen molar-refractivity contribution in [3.8, 4) is 11.5 Å². The van der Waals surface area contributed by atoms with E-state index in [9.17, 15) is 4.79 Å². The van der Waals surface area contributed by atoms with Gasteiger partial charge in [-0.15, -0.1) is 6.58 Å². The number of rotatable bonds is 11. The lowest BCUT2D eigenvalue weighted by Crippen LogP contribution is -2.22. The van der Waals surface area contributed by atoms with Crippen molar-refractivity contribution in [3.05, 3.63) is 66.2 Å². The molecule has 0 aromatic heterocycles. The molecule has 2 aromatic carbocycles. The Morgan fingerprint density at radius 2 is 1.89 bits per heavy atom. The van der Waals surface area contributed by atoms with Crippen LogP contribution in [0.25, 0.3) is 0 Å². The van der Waals surface area contributed by atoms with Crippen LogP contribution in [0.4, 0.5) is 5.69 Å². The highest BCUT2D eigenvalue weighted by Gasteiger charge is 2.09. The third-order valence-electron chi connectivity index (χ3n) is 4.48. The summed E-state index contributed by atoms with van der Waals surface area (Å²) in [5, 5.41) is 2.89. The minimum atomic E-state index is -0.211. The van der Waals surface area contributed by atoms with Crippen LogP contribution in [-0.4, -0.2) is 37.6 Å². The third-order valence-corrected chi connectivity index (χ3v) is 4.48. The van der Waals surface area contributed by atoms with E-state index in [1.54, 1.807) is 7.11 Å². The van der Waals surface area contributed by atoms with E-state index in [2.05, 4.69) is 36.7 Å². The second-order valence-corrected chi connectivity index (χ2v) is 6.48. The summed E-state index contributed by atoms with van der Waals surface area (Å²) >= 11 is 0. The minimum Gasteiger partial charge on any atom is -0.493 e. The van der Waals surface area contributed by atoms with Crippen LogP contribution < -0.4 is 14.8 Å². The zero-order valence-corrected chi connectivity index (χ0v) is 17.0. The fraction of sp³-hybridized carbons (Fsp3) is 0.348. The van der Waals surface area contributed by atoms with Gasteiger partial charge >= 0.3 is 0 Å². The number of hydrogen-bond donors (Lipinski definition) is 1. The first-order valence-corrected chi connectivity index (χ1v) is 9.61. The van der Waals surface area contributed by atoms with Gasteiger partial charge in [0.05, 0.1) is 7.11 Å². The van der Waals surface area contributed by atoms with Crippen LogP contribution in [0.2, 0.25) is 0 Å². The number of nitrogens with one attached hydrogen (secondary N) is 1. The van der Waals surface area contributed by atoms with Crippen molar-refractivity contribution in [2.45, 2.75) is 26.8 Å². The molecule has 0 heterocycles. The summed E-state index contributed by atoms with van der Waals surface area (Å²) in [5.74, 6) is 0.936. The van der Waals surface area contributed by atoms with Gasteiger partial charge in [0.15, 0.2) is 18.1 Å². The maximum Gasteiger partial charge on any atom is 0.262 e. The van der Waals surface area contributed by atoms with Crippen LogP contribution in [0, 0.1) is 0 Å². The molecule has 2 rings (SSSR count). The lowest BCUT2D eigenvalue weighted by Gasteiger charge is -2.18. The molecule has 28 heavy (non-hydrogen) atoms. The van der Waals surface area contributed by atoms with E-state index in [0.29, 0.717) is 11.5 Å². The number of nitrogens with zero attached hydrogens (tertiary/aromatic N) is 1. The molecule has 1 N–H and O–H groups in total. The molecule has 0 saturated heterocycles. The fourth-order valence-corrected chi connectivity index (χ4v) is 2.92. The smallest absolute Gasteiger partial charge is 0.262 e. The number of hydrogen-bond acceptors (Lipinski definition) is 4. The lowest BCUT2D eigenvalue weighted by molar-refractivity contribution is -0.118. The quantitative estimate of drug-likeness (QED) is 0.589. The molecule has 0 radical (unpaired) electrons. The Morgan fingerprint density at radius 1 is 1.11 bits per heavy atom. The molecule has 0 unspecified atom stereocenters. The van der Waals surface area contributed by atoms with E-state index in [-0.39, 0.29) is 12.5 Å². The Kier molecular flexibility index (Phi) is 8.56. The summed E-state index contributed by atoms with van der Waals surface area (Å²) < 4.78 is 11.0. The van der Waals surface area contributed by atoms with E-state index in [4.69, 9.17) is 9.47 Å². The molecule has 0 aliphatic carbocycles. The van der Waals surface area contributed by atoms with E-state index in [1.807, 2.05) is 42.5 Å². The van der Waals surface area contributed by atoms with Crippen LogP contribution in [0.1, 0.15) is 25.0 Å². The highest BCUT2D eigenvalue weighted by molar-refractivity contribution is 5.92. The number of carbonyl (C=O) groups is 1. The van der Waals surface area contributed by atoms with Crippen LogP contribution >= 0.6 is 0 Å². The summed E-state index contributed by atoms with van der Waals surface area (Å²) in [5.41, 5.74) is 3.02. The second kappa shape index (κ2) is 11.1. The number of benzene rings is 2. The Balaban J connectivity index is 1.95. The minimum absolute atomic E-state index is 0.0859. The number of ether oxygens (including phenoxy) is 2. The molecule has 0 aliphatic heterocycles. The molecule has 1 amide bonds. The number of amides is 1. The van der Waals surface area contributed by atoms with Crippen LogP contribution in [-0.2, 0) is 17.8 Å². The maximum absolute atomic E-state index is 12.3. The normalized spacial score (nSPS) is 10.6. The average molecular weight is 383 g/mol. The first-order valence-electron chi connectivity index (χ1n) is 9.61. The zero-order valence-electron chi connectivity index (χ0n) is 17.0. The molecule has 2 aromatic rings. The molecule has 150 valence electrons. The van der Waals surface area contributed by atoms with Crippen LogP contribution in [0.3, 0.4) is 0 Å². The first kappa shape index (κ1) is 21.5. The molecule has 0 fully saturated rings. The Hall–Kier alpha value is -2.79. The number of anilines is 1. The molecule has 5 heteroatoms. The van der Waals surface area contributed by atoms with Crippen molar-refractivity contribution in [1.82, 2.24) is 4.90 Å². The molecular formula is C23H30N2O3. The van der Waals surface area contributed by atoms with Crippen molar-refractivity contribution >= 4 is 11.6 Å². The van der Waals surface area contributed by atoms with Crippen molar-refractivity contribution in [2.75, 3.05) is 32.1 Å². The fourth-order valence-electron chi connectivity index (χ4n) is 2.92. The zero-order chi connectivity index (χ0) is 20.4. The topological polar surface area (TPSA) is 50.8 Å². The lowest BCUT2D eigenvalue weighted by atomic mass is 10.1. The number of carbonyl (C=O) groups excluding carboxylic acids is 1. The van der Waals surface area contributed by atoms with Crippen molar-refractivity contribution in [3.63, 3.8) is 0 Å². The SMILES string of the molecule is C=CCc1ccc(OCC(=O)Nc2cccc(CN(CC)CC)c2)c(OC)c1. The molecule has 0 aliphatic rings. The summed E-state index contributed by atoms with van der Waals surface area (Å²) in [6.07, 6.45) is 2.58. The van der Waals surface area contributed by atoms with Gasteiger partial charge in [-0.05, 0) is 54.9 Å². The molecule has 5 nitrogen and oxygen atoms in total. The van der Waals surface area contributed by atoms with Gasteiger partial charge in [-0.2, -0.15) is 0 Å².